The number of hydrogen-bond acceptors (Lipinski definition) is 3. The van der Waals surface area contributed by atoms with Crippen LogP contribution in [0.3, 0.4) is 0 Å². The van der Waals surface area contributed by atoms with Crippen molar-refractivity contribution in [3.8, 4) is 0 Å². The molecule has 0 aromatic heterocycles. The first-order chi connectivity index (χ1) is 8.65. The molecule has 0 aromatic rings. The fraction of sp³-hybridized carbons (Fsp3) is 0.615. The van der Waals surface area contributed by atoms with Crippen LogP contribution >= 0.6 is 0 Å². The van der Waals surface area contributed by atoms with E-state index in [1.807, 2.05) is 12.2 Å². The fourth-order valence-corrected chi connectivity index (χ4v) is 3.48. The molecule has 0 spiro atoms. The van der Waals surface area contributed by atoms with Crippen molar-refractivity contribution >= 4 is 17.1 Å². The van der Waals surface area contributed by atoms with E-state index in [-0.39, 0.29) is 5.91 Å². The predicted octanol–water partition coefficient (Wildman–Crippen LogP) is 0.542. The second-order valence-electron chi connectivity index (χ2n) is 5.21. The summed E-state index contributed by atoms with van der Waals surface area (Å²) in [7, 11) is 0. The van der Waals surface area contributed by atoms with Gasteiger partial charge in [-0.25, -0.2) is 0 Å². The molecule has 0 radical (unpaired) electrons. The number of nitrogens with zero attached hydrogens (tertiary/aromatic N) is 1. The lowest BCUT2D eigenvalue weighted by atomic mass is 9.85. The second kappa shape index (κ2) is 4.72. The molecule has 1 N–H and O–H groups in total. The SMILES string of the molecule is C[S+]([O-])C1=CC=C(C(=O)NC2CN3CCC23)CC1. The Kier molecular flexibility index (Phi) is 3.21. The molecule has 5 heteroatoms. The molecule has 3 rings (SSSR count). The van der Waals surface area contributed by atoms with Gasteiger partial charge in [-0.2, -0.15) is 0 Å². The Morgan fingerprint density at radius 3 is 2.78 bits per heavy atom. The van der Waals surface area contributed by atoms with Gasteiger partial charge < -0.3 is 9.87 Å². The molecule has 3 unspecified atom stereocenters. The highest BCUT2D eigenvalue weighted by atomic mass is 32.2. The first-order valence-electron chi connectivity index (χ1n) is 6.43. The van der Waals surface area contributed by atoms with Crippen molar-refractivity contribution in [1.82, 2.24) is 10.2 Å². The van der Waals surface area contributed by atoms with Gasteiger partial charge in [0.05, 0.1) is 6.04 Å². The maximum absolute atomic E-state index is 12.1. The van der Waals surface area contributed by atoms with E-state index >= 15 is 0 Å². The van der Waals surface area contributed by atoms with Crippen molar-refractivity contribution < 1.29 is 9.35 Å². The van der Waals surface area contributed by atoms with Crippen molar-refractivity contribution in [3.63, 3.8) is 0 Å². The summed E-state index contributed by atoms with van der Waals surface area (Å²) < 4.78 is 11.3. The molecule has 2 saturated heterocycles. The molecule has 3 atom stereocenters. The van der Waals surface area contributed by atoms with Crippen molar-refractivity contribution in [2.24, 2.45) is 0 Å². The van der Waals surface area contributed by atoms with Crippen molar-refractivity contribution in [2.75, 3.05) is 19.3 Å². The summed E-state index contributed by atoms with van der Waals surface area (Å²) in [6.45, 7) is 2.19. The van der Waals surface area contributed by atoms with Gasteiger partial charge in [0, 0.05) is 31.1 Å². The van der Waals surface area contributed by atoms with Gasteiger partial charge in [0.2, 0.25) is 5.91 Å². The summed E-state index contributed by atoms with van der Waals surface area (Å²) in [5, 5.41) is 3.11. The number of carbonyl (C=O) groups excluding carboxylic acids is 1. The second-order valence-corrected chi connectivity index (χ2v) is 6.64. The molecule has 1 aliphatic carbocycles. The number of nitrogens with one attached hydrogen (secondary N) is 1. The van der Waals surface area contributed by atoms with E-state index in [9.17, 15) is 9.35 Å². The van der Waals surface area contributed by atoms with Crippen LogP contribution in [-0.4, -0.2) is 46.8 Å². The van der Waals surface area contributed by atoms with Gasteiger partial charge >= 0.3 is 0 Å². The lowest BCUT2D eigenvalue weighted by Gasteiger charge is -2.56. The van der Waals surface area contributed by atoms with Crippen LogP contribution in [0.1, 0.15) is 19.3 Å². The minimum Gasteiger partial charge on any atom is -0.612 e. The Morgan fingerprint density at radius 2 is 2.33 bits per heavy atom. The number of fused-ring (bicyclic) bond motifs is 1. The fourth-order valence-electron chi connectivity index (χ4n) is 2.83. The summed E-state index contributed by atoms with van der Waals surface area (Å²) >= 11 is -0.905. The van der Waals surface area contributed by atoms with Gasteiger partial charge in [-0.15, -0.1) is 0 Å². The van der Waals surface area contributed by atoms with Crippen LogP contribution in [0.25, 0.3) is 0 Å². The van der Waals surface area contributed by atoms with Crippen LogP contribution in [-0.2, 0) is 16.0 Å². The Bertz CT molecular complexity index is 431. The number of carbonyl (C=O) groups is 1. The zero-order valence-electron chi connectivity index (χ0n) is 10.5. The van der Waals surface area contributed by atoms with Crippen LogP contribution in [0.5, 0.6) is 0 Å². The Morgan fingerprint density at radius 1 is 1.50 bits per heavy atom. The molecule has 98 valence electrons. The number of rotatable bonds is 3. The molecule has 0 aromatic carbocycles. The van der Waals surface area contributed by atoms with Gasteiger partial charge in [-0.05, 0) is 36.2 Å². The van der Waals surface area contributed by atoms with E-state index in [0.29, 0.717) is 18.5 Å². The van der Waals surface area contributed by atoms with E-state index in [4.69, 9.17) is 0 Å². The summed E-state index contributed by atoms with van der Waals surface area (Å²) in [6, 6.07) is 0.935. The molecule has 2 heterocycles. The van der Waals surface area contributed by atoms with Gasteiger partial charge in [-0.3, -0.25) is 9.69 Å². The average molecular weight is 266 g/mol. The number of amides is 1. The van der Waals surface area contributed by atoms with Gasteiger partial charge in [0.1, 0.15) is 11.2 Å². The number of piperidine rings is 1. The lowest BCUT2D eigenvalue weighted by Crippen LogP contribution is -2.73. The zero-order chi connectivity index (χ0) is 12.7. The quantitative estimate of drug-likeness (QED) is 0.759. The molecular weight excluding hydrogens is 248 g/mol. The van der Waals surface area contributed by atoms with Crippen LogP contribution in [0, 0.1) is 0 Å². The number of hydrogen-bond donors (Lipinski definition) is 1. The number of allylic oxidation sites excluding steroid dienone is 3. The maximum Gasteiger partial charge on any atom is 0.247 e. The highest BCUT2D eigenvalue weighted by molar-refractivity contribution is 7.94. The van der Waals surface area contributed by atoms with Crippen LogP contribution in [0.2, 0.25) is 0 Å². The molecule has 3 aliphatic rings. The van der Waals surface area contributed by atoms with Crippen molar-refractivity contribution in [3.05, 3.63) is 22.6 Å². The van der Waals surface area contributed by atoms with Crippen LogP contribution in [0.4, 0.5) is 0 Å². The lowest BCUT2D eigenvalue weighted by molar-refractivity contribution is -0.123. The van der Waals surface area contributed by atoms with E-state index in [1.54, 1.807) is 6.26 Å². The smallest absolute Gasteiger partial charge is 0.247 e. The van der Waals surface area contributed by atoms with Gasteiger partial charge in [0.25, 0.3) is 0 Å². The largest absolute Gasteiger partial charge is 0.612 e. The van der Waals surface area contributed by atoms with E-state index in [1.165, 1.54) is 13.0 Å². The van der Waals surface area contributed by atoms with Crippen LogP contribution in [0.15, 0.2) is 22.6 Å². The topological polar surface area (TPSA) is 55.4 Å². The summed E-state index contributed by atoms with van der Waals surface area (Å²) in [5.74, 6) is 0.0590. The van der Waals surface area contributed by atoms with Crippen molar-refractivity contribution in [1.29, 1.82) is 0 Å². The molecule has 0 saturated carbocycles. The first-order valence-corrected chi connectivity index (χ1v) is 7.99. The molecule has 0 bridgehead atoms. The normalized spacial score (nSPS) is 32.3. The third-order valence-corrected chi connectivity index (χ3v) is 5.24. The third-order valence-electron chi connectivity index (χ3n) is 4.17. The monoisotopic (exact) mass is 266 g/mol. The first kappa shape index (κ1) is 12.3. The Hall–Kier alpha value is -0.780. The summed E-state index contributed by atoms with van der Waals surface area (Å²) in [4.78, 5) is 15.4. The van der Waals surface area contributed by atoms with Crippen molar-refractivity contribution in [2.45, 2.75) is 31.3 Å². The van der Waals surface area contributed by atoms with Crippen LogP contribution < -0.4 is 5.32 Å². The highest BCUT2D eigenvalue weighted by Gasteiger charge is 2.45. The van der Waals surface area contributed by atoms with E-state index < -0.39 is 11.2 Å². The third kappa shape index (κ3) is 2.11. The average Bonchev–Trinajstić information content (AvgIpc) is 2.34. The molecule has 4 nitrogen and oxygen atoms in total. The van der Waals surface area contributed by atoms with E-state index in [2.05, 4.69) is 10.2 Å². The molecule has 18 heavy (non-hydrogen) atoms. The molecule has 2 fully saturated rings. The standard InChI is InChI=1S/C13H18N2O2S/c1-18(17)10-4-2-9(3-5-10)13(16)14-11-8-15-7-6-12(11)15/h2,4,11-12H,3,5-8H2,1H3,(H,14,16). The predicted molar refractivity (Wildman–Crippen MR) is 71.4 cm³/mol. The molecule has 2 aliphatic heterocycles. The van der Waals surface area contributed by atoms with Gasteiger partial charge in [-0.1, -0.05) is 0 Å². The molecular formula is C13H18N2O2S. The highest BCUT2D eigenvalue weighted by Crippen LogP contribution is 2.30. The minimum atomic E-state index is -0.905. The Balaban J connectivity index is 1.57. The summed E-state index contributed by atoms with van der Waals surface area (Å²) in [5.41, 5.74) is 0.821. The Labute approximate surface area is 110 Å². The zero-order valence-corrected chi connectivity index (χ0v) is 11.3. The maximum atomic E-state index is 12.1. The van der Waals surface area contributed by atoms with Gasteiger partial charge in [0.15, 0.2) is 0 Å². The summed E-state index contributed by atoms with van der Waals surface area (Å²) in [6.07, 6.45) is 8.01. The van der Waals surface area contributed by atoms with E-state index in [0.717, 1.165) is 23.4 Å². The minimum absolute atomic E-state index is 0.0590. The molecule has 1 amide bonds.